The van der Waals surface area contributed by atoms with Crippen LogP contribution in [0.5, 0.6) is 5.75 Å². The van der Waals surface area contributed by atoms with E-state index in [2.05, 4.69) is 21.9 Å². The van der Waals surface area contributed by atoms with Crippen molar-refractivity contribution in [2.45, 2.75) is 83.5 Å². The summed E-state index contributed by atoms with van der Waals surface area (Å²) in [5.41, 5.74) is 6.48. The molecule has 38 heavy (non-hydrogen) atoms. The zero-order valence-electron chi connectivity index (χ0n) is 22.0. The molecule has 0 unspecified atom stereocenters. The maximum Gasteiger partial charge on any atom is 0.408 e. The summed E-state index contributed by atoms with van der Waals surface area (Å²) in [5, 5.41) is 7.79. The Kier molecular flexibility index (Phi) is 7.67. The van der Waals surface area contributed by atoms with E-state index in [-0.39, 0.29) is 17.8 Å². The summed E-state index contributed by atoms with van der Waals surface area (Å²) in [6.45, 7) is 3.92. The molecule has 1 fully saturated rings. The summed E-state index contributed by atoms with van der Waals surface area (Å²) >= 11 is 0. The molecular formula is C30H35N3O5. The molecule has 0 radical (unpaired) electrons. The normalized spacial score (nSPS) is 17.4. The van der Waals surface area contributed by atoms with E-state index < -0.39 is 18.0 Å². The average molecular weight is 518 g/mol. The lowest BCUT2D eigenvalue weighted by Gasteiger charge is -2.41. The summed E-state index contributed by atoms with van der Waals surface area (Å²) in [6, 6.07) is 14.5. The Hall–Kier alpha value is -3.81. The van der Waals surface area contributed by atoms with Crippen LogP contribution >= 0.6 is 0 Å². The first-order valence-electron chi connectivity index (χ1n) is 13.5. The lowest BCUT2D eigenvalue weighted by Crippen LogP contribution is -2.45. The number of hydrogen-bond donors (Lipinski definition) is 2. The molecule has 2 N–H and O–H groups in total. The Bertz CT molecular complexity index is 1380. The fourth-order valence-electron chi connectivity index (χ4n) is 5.39. The third kappa shape index (κ3) is 5.85. The minimum Gasteiger partial charge on any atom is -0.487 e. The number of nitrogens with one attached hydrogen (secondary N) is 2. The van der Waals surface area contributed by atoms with Gasteiger partial charge in [0.05, 0.1) is 0 Å². The van der Waals surface area contributed by atoms with Crippen LogP contribution in [0.15, 0.2) is 58.0 Å². The first kappa shape index (κ1) is 25.8. The molecule has 0 bridgehead atoms. The van der Waals surface area contributed by atoms with Crippen molar-refractivity contribution in [1.82, 2.24) is 10.7 Å². The van der Waals surface area contributed by atoms with Gasteiger partial charge < -0.3 is 19.2 Å². The average Bonchev–Trinajstić information content (AvgIpc) is 2.93. The van der Waals surface area contributed by atoms with Crippen molar-refractivity contribution in [2.24, 2.45) is 5.10 Å². The largest absolute Gasteiger partial charge is 0.487 e. The number of rotatable bonds is 6. The first-order valence-corrected chi connectivity index (χ1v) is 13.5. The van der Waals surface area contributed by atoms with Gasteiger partial charge in [-0.1, -0.05) is 43.7 Å². The van der Waals surface area contributed by atoms with Gasteiger partial charge in [0, 0.05) is 17.5 Å². The fourth-order valence-corrected chi connectivity index (χ4v) is 5.39. The molecule has 0 saturated heterocycles. The molecule has 200 valence electrons. The number of carbonyl (C=O) groups excluding carboxylic acids is 2. The monoisotopic (exact) mass is 517 g/mol. The molecule has 1 aromatic heterocycles. The maximum absolute atomic E-state index is 12.7. The van der Waals surface area contributed by atoms with Crippen LogP contribution in [0.3, 0.4) is 0 Å². The van der Waals surface area contributed by atoms with Crippen LogP contribution in [-0.2, 0) is 22.6 Å². The SMILES string of the molecule is CC[C@@H](NC(=O)OCc1ccccc1)C(=O)N/N=c1/cc(C)c2cc3c(cc2o1)OC1(CCCCC1)CC3. The van der Waals surface area contributed by atoms with Crippen molar-refractivity contribution in [3.05, 3.63) is 70.8 Å². The van der Waals surface area contributed by atoms with Crippen LogP contribution in [-0.4, -0.2) is 23.6 Å². The Balaban J connectivity index is 1.27. The minimum absolute atomic E-state index is 0.0473. The van der Waals surface area contributed by atoms with E-state index in [4.69, 9.17) is 13.9 Å². The molecule has 2 amide bonds. The highest BCUT2D eigenvalue weighted by molar-refractivity contribution is 5.85. The van der Waals surface area contributed by atoms with Gasteiger partial charge in [0.15, 0.2) is 0 Å². The fraction of sp³-hybridized carbons (Fsp3) is 0.433. The number of ether oxygens (including phenoxy) is 2. The highest BCUT2D eigenvalue weighted by Gasteiger charge is 2.37. The molecule has 1 saturated carbocycles. The maximum atomic E-state index is 12.7. The van der Waals surface area contributed by atoms with E-state index in [0.29, 0.717) is 12.0 Å². The van der Waals surface area contributed by atoms with Crippen molar-refractivity contribution in [1.29, 1.82) is 0 Å². The Morgan fingerprint density at radius 1 is 1.08 bits per heavy atom. The van der Waals surface area contributed by atoms with E-state index in [0.717, 1.165) is 47.9 Å². The Labute approximate surface area is 222 Å². The molecule has 8 heteroatoms. The smallest absolute Gasteiger partial charge is 0.408 e. The van der Waals surface area contributed by atoms with Crippen LogP contribution < -0.4 is 21.0 Å². The molecule has 1 aliphatic carbocycles. The minimum atomic E-state index is -0.796. The van der Waals surface area contributed by atoms with Gasteiger partial charge in [-0.2, -0.15) is 0 Å². The third-order valence-corrected chi connectivity index (χ3v) is 7.59. The topological polar surface area (TPSA) is 102 Å². The molecule has 1 spiro atoms. The van der Waals surface area contributed by atoms with E-state index in [1.807, 2.05) is 43.3 Å². The van der Waals surface area contributed by atoms with Crippen molar-refractivity contribution in [2.75, 3.05) is 0 Å². The van der Waals surface area contributed by atoms with Gasteiger partial charge in [0.2, 0.25) is 5.55 Å². The van der Waals surface area contributed by atoms with Crippen molar-refractivity contribution in [3.63, 3.8) is 0 Å². The summed E-state index contributed by atoms with van der Waals surface area (Å²) in [7, 11) is 0. The van der Waals surface area contributed by atoms with Crippen LogP contribution in [0.4, 0.5) is 4.79 Å². The molecule has 1 aliphatic heterocycles. The van der Waals surface area contributed by atoms with Gasteiger partial charge in [-0.05, 0) is 74.6 Å². The highest BCUT2D eigenvalue weighted by atomic mass is 16.5. The number of amides is 2. The molecule has 5 rings (SSSR count). The number of fused-ring (bicyclic) bond motifs is 2. The Morgan fingerprint density at radius 3 is 2.63 bits per heavy atom. The van der Waals surface area contributed by atoms with Gasteiger partial charge >= 0.3 is 6.09 Å². The summed E-state index contributed by atoms with van der Waals surface area (Å²) in [6.07, 6.45) is 7.71. The van der Waals surface area contributed by atoms with E-state index >= 15 is 0 Å². The number of alkyl carbamates (subject to hydrolysis) is 1. The Morgan fingerprint density at radius 2 is 1.87 bits per heavy atom. The second-order valence-electron chi connectivity index (χ2n) is 10.3. The molecule has 3 aromatic rings. The van der Waals surface area contributed by atoms with Crippen molar-refractivity contribution in [3.8, 4) is 5.75 Å². The molecular weight excluding hydrogens is 482 g/mol. The lowest BCUT2D eigenvalue weighted by molar-refractivity contribution is -0.123. The number of benzene rings is 2. The van der Waals surface area contributed by atoms with Crippen LogP contribution in [0.1, 0.15) is 68.6 Å². The number of aryl methyl sites for hydroxylation is 2. The van der Waals surface area contributed by atoms with Gasteiger partial charge in [-0.3, -0.25) is 4.79 Å². The van der Waals surface area contributed by atoms with Crippen LogP contribution in [0.2, 0.25) is 0 Å². The summed E-state index contributed by atoms with van der Waals surface area (Å²) in [5.74, 6) is 0.435. The molecule has 1 atom stereocenters. The number of nitrogens with zero attached hydrogens (tertiary/aromatic N) is 1. The van der Waals surface area contributed by atoms with Gasteiger partial charge in [0.1, 0.15) is 29.6 Å². The highest BCUT2D eigenvalue weighted by Crippen LogP contribution is 2.43. The molecule has 2 aliphatic rings. The van der Waals surface area contributed by atoms with Gasteiger partial charge in [-0.25, -0.2) is 10.2 Å². The van der Waals surface area contributed by atoms with Crippen LogP contribution in [0.25, 0.3) is 11.0 Å². The summed E-state index contributed by atoms with van der Waals surface area (Å²) < 4.78 is 17.8. The van der Waals surface area contributed by atoms with Crippen LogP contribution in [0, 0.1) is 6.92 Å². The number of hydrogen-bond acceptors (Lipinski definition) is 6. The van der Waals surface area contributed by atoms with Gasteiger partial charge in [-0.15, -0.1) is 5.10 Å². The van der Waals surface area contributed by atoms with E-state index in [1.54, 1.807) is 13.0 Å². The third-order valence-electron chi connectivity index (χ3n) is 7.59. The number of carbonyl (C=O) groups is 2. The second kappa shape index (κ2) is 11.3. The summed E-state index contributed by atoms with van der Waals surface area (Å²) in [4.78, 5) is 24.9. The quantitative estimate of drug-likeness (QED) is 0.426. The van der Waals surface area contributed by atoms with E-state index in [9.17, 15) is 9.59 Å². The van der Waals surface area contributed by atoms with E-state index in [1.165, 1.54) is 24.8 Å². The predicted molar refractivity (Wildman–Crippen MR) is 143 cm³/mol. The predicted octanol–water partition coefficient (Wildman–Crippen LogP) is 5.41. The first-order chi connectivity index (χ1) is 18.4. The van der Waals surface area contributed by atoms with Gasteiger partial charge in [0.25, 0.3) is 5.91 Å². The molecule has 8 nitrogen and oxygen atoms in total. The second-order valence-corrected chi connectivity index (χ2v) is 10.3. The zero-order chi connectivity index (χ0) is 26.5. The van der Waals surface area contributed by atoms with Crippen molar-refractivity contribution >= 4 is 23.0 Å². The van der Waals surface area contributed by atoms with Crippen molar-refractivity contribution < 1.29 is 23.5 Å². The zero-order valence-corrected chi connectivity index (χ0v) is 22.0. The lowest BCUT2D eigenvalue weighted by atomic mass is 9.79. The standard InChI is InChI=1S/C30H35N3O5/c1-3-24(31-29(35)36-19-21-10-6-4-7-11-21)28(34)33-32-27-16-20(2)23-17-22-12-15-30(13-8-5-9-14-30)38-25(22)18-26(23)37-27/h4,6-7,10-11,16-18,24H,3,5,8-9,12-15,19H2,1-2H3,(H,31,35)(H,33,34)/b32-27-/t24-/m1/s1. The molecule has 2 aromatic carbocycles. The molecule has 2 heterocycles.